The van der Waals surface area contributed by atoms with Crippen molar-refractivity contribution in [2.45, 2.75) is 25.7 Å². The molecule has 1 amide bonds. The number of alkyl halides is 3. The molecule has 4 rings (SSSR count). The molecule has 34 heavy (non-hydrogen) atoms. The number of halogens is 3. The fourth-order valence-corrected chi connectivity index (χ4v) is 4.34. The van der Waals surface area contributed by atoms with E-state index >= 15 is 0 Å². The minimum absolute atomic E-state index is 0.123. The highest BCUT2D eigenvalue weighted by atomic mass is 32.1. The normalized spacial score (nSPS) is 12.5. The monoisotopic (exact) mass is 485 g/mol. The molecule has 0 fully saturated rings. The van der Waals surface area contributed by atoms with Crippen molar-refractivity contribution in [3.63, 3.8) is 0 Å². The quantitative estimate of drug-likeness (QED) is 0.394. The van der Waals surface area contributed by atoms with E-state index in [0.717, 1.165) is 23.3 Å². The summed E-state index contributed by atoms with van der Waals surface area (Å²) in [5, 5.41) is 7.75. The Morgan fingerprint density at radius 2 is 1.88 bits per heavy atom. The Balaban J connectivity index is 1.49. The van der Waals surface area contributed by atoms with Crippen LogP contribution in [0.2, 0.25) is 0 Å². The van der Waals surface area contributed by atoms with Crippen LogP contribution in [0.3, 0.4) is 0 Å². The highest BCUT2D eigenvalue weighted by Crippen LogP contribution is 2.34. The van der Waals surface area contributed by atoms with Gasteiger partial charge in [0.25, 0.3) is 5.91 Å². The van der Waals surface area contributed by atoms with Gasteiger partial charge in [-0.15, -0.1) is 11.3 Å². The molecule has 0 saturated carbocycles. The van der Waals surface area contributed by atoms with Crippen LogP contribution in [0.15, 0.2) is 61.1 Å². The first-order valence-electron chi connectivity index (χ1n) is 10.4. The largest absolute Gasteiger partial charge is 0.416 e. The van der Waals surface area contributed by atoms with E-state index in [-0.39, 0.29) is 18.5 Å². The molecule has 2 aromatic heterocycles. The number of amides is 1. The topological polar surface area (TPSA) is 85.8 Å². The summed E-state index contributed by atoms with van der Waals surface area (Å²) in [6.07, 6.45) is 0.602. The Hall–Kier alpha value is -3.50. The van der Waals surface area contributed by atoms with Crippen LogP contribution in [0.25, 0.3) is 21.7 Å². The Morgan fingerprint density at radius 3 is 2.50 bits per heavy atom. The third-order valence-corrected chi connectivity index (χ3v) is 6.45. The molecule has 1 atom stereocenters. The predicted octanol–water partition coefficient (Wildman–Crippen LogP) is 5.18. The summed E-state index contributed by atoms with van der Waals surface area (Å²) in [5.41, 5.74) is 8.35. The molecular formula is C24H22F3N5OS. The fourth-order valence-electron chi connectivity index (χ4n) is 3.55. The Bertz CT molecular complexity index is 1310. The number of nitrogens with zero attached hydrogens (tertiary/aromatic N) is 3. The van der Waals surface area contributed by atoms with Gasteiger partial charge in [0.1, 0.15) is 9.88 Å². The molecule has 0 saturated heterocycles. The van der Waals surface area contributed by atoms with Crippen LogP contribution in [-0.4, -0.2) is 20.7 Å². The van der Waals surface area contributed by atoms with Gasteiger partial charge >= 0.3 is 6.18 Å². The number of hydrogen-bond donors (Lipinski definition) is 2. The van der Waals surface area contributed by atoms with Crippen molar-refractivity contribution in [3.8, 4) is 21.7 Å². The molecule has 176 valence electrons. The van der Waals surface area contributed by atoms with Crippen LogP contribution in [0.5, 0.6) is 0 Å². The van der Waals surface area contributed by atoms with Gasteiger partial charge in [0.15, 0.2) is 0 Å². The Kier molecular flexibility index (Phi) is 6.54. The van der Waals surface area contributed by atoms with E-state index in [4.69, 9.17) is 5.73 Å². The van der Waals surface area contributed by atoms with Crippen LogP contribution in [0.4, 0.5) is 13.2 Å². The molecule has 0 radical (unpaired) electrons. The SMILES string of the molecule is C[C@@H](NC(=O)c1cnc(-c2cnn(C)c2)s1)c1ccc(-c2cc(C(F)(F)F)ccc2CN)cc1. The van der Waals surface area contributed by atoms with E-state index in [1.807, 2.05) is 20.2 Å². The number of hydrogen-bond acceptors (Lipinski definition) is 5. The molecule has 2 heterocycles. The van der Waals surface area contributed by atoms with Gasteiger partial charge in [0.05, 0.1) is 24.0 Å². The van der Waals surface area contributed by atoms with E-state index in [9.17, 15) is 18.0 Å². The lowest BCUT2D eigenvalue weighted by Crippen LogP contribution is -2.25. The predicted molar refractivity (Wildman–Crippen MR) is 125 cm³/mol. The lowest BCUT2D eigenvalue weighted by molar-refractivity contribution is -0.137. The highest BCUT2D eigenvalue weighted by molar-refractivity contribution is 7.16. The standard InChI is InChI=1S/C24H22F3N5OS/c1-14(31-22(33)21-12-29-23(34-21)18-11-30-32(2)13-18)15-3-5-16(6-4-15)20-9-19(24(25,26)27)8-7-17(20)10-28/h3-9,11-14H,10,28H2,1-2H3,(H,31,33)/t14-/m1/s1. The summed E-state index contributed by atoms with van der Waals surface area (Å²) in [5.74, 6) is -0.257. The second-order valence-corrected chi connectivity index (χ2v) is 8.85. The van der Waals surface area contributed by atoms with Gasteiger partial charge in [-0.05, 0) is 41.3 Å². The molecular weight excluding hydrogens is 463 g/mol. The lowest BCUT2D eigenvalue weighted by Gasteiger charge is -2.16. The van der Waals surface area contributed by atoms with E-state index in [1.165, 1.54) is 23.6 Å². The summed E-state index contributed by atoms with van der Waals surface area (Å²) in [4.78, 5) is 17.5. The molecule has 0 aliphatic rings. The summed E-state index contributed by atoms with van der Waals surface area (Å²) < 4.78 is 41.2. The van der Waals surface area contributed by atoms with Gasteiger partial charge in [-0.25, -0.2) is 4.98 Å². The number of aryl methyl sites for hydroxylation is 1. The summed E-state index contributed by atoms with van der Waals surface area (Å²) in [6, 6.07) is 10.3. The maximum atomic E-state index is 13.2. The number of benzene rings is 2. The van der Waals surface area contributed by atoms with E-state index < -0.39 is 11.7 Å². The van der Waals surface area contributed by atoms with Gasteiger partial charge in [0.2, 0.25) is 0 Å². The lowest BCUT2D eigenvalue weighted by atomic mass is 9.95. The molecule has 10 heteroatoms. The molecule has 0 spiro atoms. The van der Waals surface area contributed by atoms with Crippen molar-refractivity contribution in [1.82, 2.24) is 20.1 Å². The Labute approximate surface area is 198 Å². The first-order chi connectivity index (χ1) is 16.2. The second-order valence-electron chi connectivity index (χ2n) is 7.82. The molecule has 4 aromatic rings. The Morgan fingerprint density at radius 1 is 1.15 bits per heavy atom. The molecule has 0 unspecified atom stereocenters. The van der Waals surface area contributed by atoms with Crippen LogP contribution >= 0.6 is 11.3 Å². The van der Waals surface area contributed by atoms with Crippen LogP contribution in [0, 0.1) is 0 Å². The summed E-state index contributed by atoms with van der Waals surface area (Å²) in [7, 11) is 1.81. The van der Waals surface area contributed by atoms with Crippen molar-refractivity contribution in [1.29, 1.82) is 0 Å². The molecule has 3 N–H and O–H groups in total. The average molecular weight is 486 g/mol. The van der Waals surface area contributed by atoms with Crippen molar-refractivity contribution >= 4 is 17.2 Å². The van der Waals surface area contributed by atoms with Gasteiger partial charge in [-0.2, -0.15) is 18.3 Å². The molecule has 2 aromatic carbocycles. The number of rotatable bonds is 6. The molecule has 0 aliphatic carbocycles. The zero-order valence-corrected chi connectivity index (χ0v) is 19.2. The number of nitrogens with two attached hydrogens (primary N) is 1. The molecule has 0 bridgehead atoms. The number of carbonyl (C=O) groups excluding carboxylic acids is 1. The first-order valence-corrected chi connectivity index (χ1v) is 11.2. The summed E-state index contributed by atoms with van der Waals surface area (Å²) in [6.45, 7) is 1.96. The zero-order chi connectivity index (χ0) is 24.5. The van der Waals surface area contributed by atoms with Crippen LogP contribution < -0.4 is 11.1 Å². The van der Waals surface area contributed by atoms with E-state index in [1.54, 1.807) is 35.1 Å². The zero-order valence-electron chi connectivity index (χ0n) is 18.4. The van der Waals surface area contributed by atoms with Crippen molar-refractivity contribution in [2.24, 2.45) is 12.8 Å². The maximum absolute atomic E-state index is 13.2. The van der Waals surface area contributed by atoms with E-state index in [2.05, 4.69) is 15.4 Å². The van der Waals surface area contributed by atoms with Crippen molar-refractivity contribution in [2.75, 3.05) is 0 Å². The maximum Gasteiger partial charge on any atom is 0.416 e. The molecule has 0 aliphatic heterocycles. The minimum Gasteiger partial charge on any atom is -0.345 e. The number of aromatic nitrogens is 3. The number of nitrogens with one attached hydrogen (secondary N) is 1. The van der Waals surface area contributed by atoms with Gasteiger partial charge in [0, 0.05) is 25.4 Å². The van der Waals surface area contributed by atoms with Crippen LogP contribution in [0.1, 0.15) is 39.3 Å². The van der Waals surface area contributed by atoms with E-state index in [0.29, 0.717) is 26.6 Å². The second kappa shape index (κ2) is 9.40. The third kappa shape index (κ3) is 5.02. The van der Waals surface area contributed by atoms with Crippen molar-refractivity contribution in [3.05, 3.63) is 82.6 Å². The minimum atomic E-state index is -4.44. The van der Waals surface area contributed by atoms with Gasteiger partial charge in [-0.1, -0.05) is 30.3 Å². The first kappa shape index (κ1) is 23.7. The highest BCUT2D eigenvalue weighted by Gasteiger charge is 2.31. The third-order valence-electron chi connectivity index (χ3n) is 5.41. The van der Waals surface area contributed by atoms with Crippen LogP contribution in [-0.2, 0) is 19.8 Å². The van der Waals surface area contributed by atoms with Crippen molar-refractivity contribution < 1.29 is 18.0 Å². The average Bonchev–Trinajstić information content (AvgIpc) is 3.47. The molecule has 6 nitrogen and oxygen atoms in total. The van der Waals surface area contributed by atoms with Gasteiger partial charge < -0.3 is 11.1 Å². The van der Waals surface area contributed by atoms with Gasteiger partial charge in [-0.3, -0.25) is 9.48 Å². The number of thiazole rings is 1. The number of carbonyl (C=O) groups is 1. The summed E-state index contributed by atoms with van der Waals surface area (Å²) >= 11 is 1.27. The smallest absolute Gasteiger partial charge is 0.345 e. The fraction of sp³-hybridized carbons (Fsp3) is 0.208.